The maximum atomic E-state index is 12.3. The summed E-state index contributed by atoms with van der Waals surface area (Å²) < 4.78 is 36.8. The number of carbonyl (C=O) groups excluding carboxylic acids is 1. The Balaban J connectivity index is 4.58. The van der Waals surface area contributed by atoms with E-state index in [1.165, 1.54) is 0 Å². The average Bonchev–Trinajstić information content (AvgIpc) is 2.13. The van der Waals surface area contributed by atoms with E-state index >= 15 is 0 Å². The van der Waals surface area contributed by atoms with Crippen LogP contribution in [0.3, 0.4) is 0 Å². The van der Waals surface area contributed by atoms with Crippen molar-refractivity contribution >= 4 is 5.91 Å². The van der Waals surface area contributed by atoms with Gasteiger partial charge in [0.05, 0.1) is 6.61 Å². The van der Waals surface area contributed by atoms with Crippen molar-refractivity contribution in [1.29, 1.82) is 0 Å². The first-order valence-electron chi connectivity index (χ1n) is 5.68. The van der Waals surface area contributed by atoms with Gasteiger partial charge in [0.1, 0.15) is 6.54 Å². The average molecular weight is 270 g/mol. The summed E-state index contributed by atoms with van der Waals surface area (Å²) in [6.07, 6.45) is -4.64. The highest BCUT2D eigenvalue weighted by Crippen LogP contribution is 2.22. The molecule has 0 rings (SSSR count). The lowest BCUT2D eigenvalue weighted by Gasteiger charge is -2.30. The Labute approximate surface area is 105 Å². The van der Waals surface area contributed by atoms with Crippen LogP contribution in [-0.2, 0) is 4.79 Å². The standard InChI is InChI=1S/C11H21F3N2O2/c1-10(2,3)8(15)6-9(18)16(4-5-17)7-11(12,13)14/h8,17H,4-7,15H2,1-3H3. The van der Waals surface area contributed by atoms with E-state index in [1.807, 2.05) is 20.8 Å². The highest BCUT2D eigenvalue weighted by atomic mass is 19.4. The fraction of sp³-hybridized carbons (Fsp3) is 0.909. The molecule has 18 heavy (non-hydrogen) atoms. The van der Waals surface area contributed by atoms with Gasteiger partial charge in [0.2, 0.25) is 5.91 Å². The molecule has 0 aromatic heterocycles. The first-order chi connectivity index (χ1) is 7.97. The second-order valence-corrected chi connectivity index (χ2v) is 5.33. The number of nitrogens with two attached hydrogens (primary N) is 1. The van der Waals surface area contributed by atoms with Gasteiger partial charge < -0.3 is 15.7 Å². The lowest BCUT2D eigenvalue weighted by Crippen LogP contribution is -2.45. The molecule has 0 aromatic carbocycles. The summed E-state index contributed by atoms with van der Waals surface area (Å²) in [6.45, 7) is 3.23. The van der Waals surface area contributed by atoms with Crippen molar-refractivity contribution in [1.82, 2.24) is 4.90 Å². The van der Waals surface area contributed by atoms with E-state index in [1.54, 1.807) is 0 Å². The molecule has 0 saturated carbocycles. The van der Waals surface area contributed by atoms with Crippen molar-refractivity contribution in [2.24, 2.45) is 11.1 Å². The van der Waals surface area contributed by atoms with Gasteiger partial charge in [0.15, 0.2) is 0 Å². The van der Waals surface area contributed by atoms with Crippen LogP contribution in [0.1, 0.15) is 27.2 Å². The van der Waals surface area contributed by atoms with Crippen LogP contribution in [0.5, 0.6) is 0 Å². The molecule has 108 valence electrons. The van der Waals surface area contributed by atoms with E-state index in [4.69, 9.17) is 10.8 Å². The van der Waals surface area contributed by atoms with Gasteiger partial charge in [-0.1, -0.05) is 20.8 Å². The number of amides is 1. The predicted molar refractivity (Wildman–Crippen MR) is 61.8 cm³/mol. The lowest BCUT2D eigenvalue weighted by atomic mass is 9.85. The van der Waals surface area contributed by atoms with Crippen molar-refractivity contribution < 1.29 is 23.1 Å². The number of alkyl halides is 3. The fourth-order valence-corrected chi connectivity index (χ4v) is 1.25. The van der Waals surface area contributed by atoms with Crippen molar-refractivity contribution in [3.8, 4) is 0 Å². The van der Waals surface area contributed by atoms with E-state index < -0.39 is 31.3 Å². The zero-order chi connectivity index (χ0) is 14.6. The second-order valence-electron chi connectivity index (χ2n) is 5.33. The van der Waals surface area contributed by atoms with Crippen LogP contribution in [0, 0.1) is 5.41 Å². The summed E-state index contributed by atoms with van der Waals surface area (Å²) >= 11 is 0. The molecule has 1 unspecified atom stereocenters. The van der Waals surface area contributed by atoms with Gasteiger partial charge in [0, 0.05) is 19.0 Å². The van der Waals surface area contributed by atoms with E-state index in [2.05, 4.69) is 0 Å². The van der Waals surface area contributed by atoms with E-state index in [9.17, 15) is 18.0 Å². The molecule has 0 fully saturated rings. The minimum atomic E-state index is -4.48. The number of hydrogen-bond acceptors (Lipinski definition) is 3. The van der Waals surface area contributed by atoms with E-state index in [0.717, 1.165) is 0 Å². The zero-order valence-corrected chi connectivity index (χ0v) is 10.9. The van der Waals surface area contributed by atoms with Crippen molar-refractivity contribution in [2.45, 2.75) is 39.4 Å². The molecule has 1 atom stereocenters. The van der Waals surface area contributed by atoms with Crippen LogP contribution in [0.25, 0.3) is 0 Å². The molecular formula is C11H21F3N2O2. The monoisotopic (exact) mass is 270 g/mol. The van der Waals surface area contributed by atoms with Crippen LogP contribution >= 0.6 is 0 Å². The molecule has 0 bridgehead atoms. The fourth-order valence-electron chi connectivity index (χ4n) is 1.25. The summed E-state index contributed by atoms with van der Waals surface area (Å²) in [5.74, 6) is -0.691. The molecule has 3 N–H and O–H groups in total. The Morgan fingerprint density at radius 3 is 2.17 bits per heavy atom. The smallest absolute Gasteiger partial charge is 0.395 e. The third-order valence-corrected chi connectivity index (χ3v) is 2.60. The summed E-state index contributed by atoms with van der Waals surface area (Å²) in [7, 11) is 0. The van der Waals surface area contributed by atoms with Crippen molar-refractivity contribution in [2.75, 3.05) is 19.7 Å². The predicted octanol–water partition coefficient (Wildman–Crippen LogP) is 1.13. The van der Waals surface area contributed by atoms with Gasteiger partial charge >= 0.3 is 6.18 Å². The molecule has 4 nitrogen and oxygen atoms in total. The van der Waals surface area contributed by atoms with E-state index in [-0.39, 0.29) is 18.4 Å². The molecule has 0 heterocycles. The van der Waals surface area contributed by atoms with Gasteiger partial charge in [-0.15, -0.1) is 0 Å². The molecule has 0 saturated heterocycles. The zero-order valence-electron chi connectivity index (χ0n) is 10.9. The molecule has 0 aliphatic rings. The molecule has 0 radical (unpaired) electrons. The highest BCUT2D eigenvalue weighted by molar-refractivity contribution is 5.77. The van der Waals surface area contributed by atoms with Crippen LogP contribution in [0.4, 0.5) is 13.2 Å². The first-order valence-corrected chi connectivity index (χ1v) is 5.68. The highest BCUT2D eigenvalue weighted by Gasteiger charge is 2.34. The Morgan fingerprint density at radius 1 is 1.33 bits per heavy atom. The minimum absolute atomic E-state index is 0.167. The molecule has 7 heteroatoms. The molecule has 1 amide bonds. The molecule has 0 spiro atoms. The van der Waals surface area contributed by atoms with E-state index in [0.29, 0.717) is 4.90 Å². The number of aliphatic hydroxyl groups is 1. The first kappa shape index (κ1) is 17.2. The Hall–Kier alpha value is -0.820. The Bertz CT molecular complexity index is 274. The number of nitrogens with zero attached hydrogens (tertiary/aromatic N) is 1. The number of carbonyl (C=O) groups is 1. The quantitative estimate of drug-likeness (QED) is 0.787. The molecule has 0 aliphatic carbocycles. The maximum absolute atomic E-state index is 12.3. The molecule has 0 aliphatic heterocycles. The maximum Gasteiger partial charge on any atom is 0.406 e. The van der Waals surface area contributed by atoms with Crippen LogP contribution in [0.15, 0.2) is 0 Å². The van der Waals surface area contributed by atoms with Gasteiger partial charge in [-0.3, -0.25) is 4.79 Å². The van der Waals surface area contributed by atoms with Crippen molar-refractivity contribution in [3.05, 3.63) is 0 Å². The molecule has 0 aromatic rings. The normalized spacial score (nSPS) is 14.4. The summed E-state index contributed by atoms with van der Waals surface area (Å²) in [5.41, 5.74) is 5.40. The lowest BCUT2D eigenvalue weighted by molar-refractivity contribution is -0.162. The third kappa shape index (κ3) is 6.80. The SMILES string of the molecule is CC(C)(C)C(N)CC(=O)N(CCO)CC(F)(F)F. The second kappa shape index (κ2) is 6.38. The van der Waals surface area contributed by atoms with Gasteiger partial charge in [-0.2, -0.15) is 13.2 Å². The van der Waals surface area contributed by atoms with Gasteiger partial charge in [-0.25, -0.2) is 0 Å². The molecular weight excluding hydrogens is 249 g/mol. The summed E-state index contributed by atoms with van der Waals surface area (Å²) in [5, 5.41) is 8.68. The third-order valence-electron chi connectivity index (χ3n) is 2.60. The van der Waals surface area contributed by atoms with Gasteiger partial charge in [0.25, 0.3) is 0 Å². The van der Waals surface area contributed by atoms with Crippen LogP contribution in [0.2, 0.25) is 0 Å². The number of rotatable bonds is 5. The van der Waals surface area contributed by atoms with Gasteiger partial charge in [-0.05, 0) is 5.41 Å². The summed E-state index contributed by atoms with van der Waals surface area (Å²) in [4.78, 5) is 12.3. The number of halogens is 3. The Morgan fingerprint density at radius 2 is 1.83 bits per heavy atom. The number of hydrogen-bond donors (Lipinski definition) is 2. The summed E-state index contributed by atoms with van der Waals surface area (Å²) in [6, 6.07) is -0.528. The topological polar surface area (TPSA) is 66.6 Å². The largest absolute Gasteiger partial charge is 0.406 e. The van der Waals surface area contributed by atoms with Crippen molar-refractivity contribution in [3.63, 3.8) is 0 Å². The number of aliphatic hydroxyl groups excluding tert-OH is 1. The Kier molecular flexibility index (Phi) is 6.09. The van der Waals surface area contributed by atoms with Crippen LogP contribution in [-0.4, -0.2) is 47.8 Å². The van der Waals surface area contributed by atoms with Crippen LogP contribution < -0.4 is 5.73 Å². The minimum Gasteiger partial charge on any atom is -0.395 e.